The predicted octanol–water partition coefficient (Wildman–Crippen LogP) is 2.00. The molecular weight excluding hydrogens is 382 g/mol. The zero-order chi connectivity index (χ0) is 21.5. The van der Waals surface area contributed by atoms with Gasteiger partial charge in [-0.2, -0.15) is 0 Å². The molecular formula is C21H25N7O2. The normalized spacial score (nSPS) is 10.6. The second-order valence-corrected chi connectivity index (χ2v) is 6.78. The largest absolute Gasteiger partial charge is 0.352 e. The number of nitrogens with zero attached hydrogens (tertiary/aromatic N) is 5. The number of rotatable bonds is 8. The van der Waals surface area contributed by atoms with Crippen molar-refractivity contribution in [2.75, 3.05) is 6.54 Å². The highest BCUT2D eigenvalue weighted by Gasteiger charge is 2.20. The van der Waals surface area contributed by atoms with Crippen LogP contribution in [0.4, 0.5) is 0 Å². The highest BCUT2D eigenvalue weighted by molar-refractivity contribution is 5.94. The lowest BCUT2D eigenvalue weighted by molar-refractivity contribution is 0.0940. The van der Waals surface area contributed by atoms with E-state index >= 15 is 0 Å². The second-order valence-electron chi connectivity index (χ2n) is 6.78. The number of amides is 2. The molecule has 156 valence electrons. The fourth-order valence-corrected chi connectivity index (χ4v) is 2.93. The summed E-state index contributed by atoms with van der Waals surface area (Å²) in [5, 5.41) is 13.9. The van der Waals surface area contributed by atoms with Gasteiger partial charge in [-0.3, -0.25) is 19.6 Å². The standard InChI is InChI=1S/C21H25N7O2/c1-4-6-18-19(21(30)25-13-16-12-23-14(3)11-24-16)26-27-28(18)17-9-7-15(8-10-17)20(29)22-5-2/h7-12H,4-6,13H2,1-3H3,(H,22,29)(H,25,30). The van der Waals surface area contributed by atoms with Crippen LogP contribution in [0.3, 0.4) is 0 Å². The van der Waals surface area contributed by atoms with E-state index in [0.717, 1.165) is 23.5 Å². The maximum atomic E-state index is 12.7. The summed E-state index contributed by atoms with van der Waals surface area (Å²) in [5.41, 5.74) is 3.79. The minimum absolute atomic E-state index is 0.129. The highest BCUT2D eigenvalue weighted by atomic mass is 16.2. The Balaban J connectivity index is 1.79. The third-order valence-electron chi connectivity index (χ3n) is 4.44. The molecule has 0 bridgehead atoms. The van der Waals surface area contributed by atoms with Crippen molar-refractivity contribution < 1.29 is 9.59 Å². The average Bonchev–Trinajstić information content (AvgIpc) is 3.17. The van der Waals surface area contributed by atoms with E-state index in [4.69, 9.17) is 0 Å². The summed E-state index contributed by atoms with van der Waals surface area (Å²) in [5.74, 6) is -0.443. The minimum Gasteiger partial charge on any atom is -0.352 e. The third kappa shape index (κ3) is 4.86. The molecule has 9 heteroatoms. The lowest BCUT2D eigenvalue weighted by Crippen LogP contribution is -2.25. The Bertz CT molecular complexity index is 1010. The number of aromatic nitrogens is 5. The van der Waals surface area contributed by atoms with Gasteiger partial charge in [-0.1, -0.05) is 18.6 Å². The van der Waals surface area contributed by atoms with Gasteiger partial charge in [-0.25, -0.2) is 4.68 Å². The first-order chi connectivity index (χ1) is 14.5. The number of benzene rings is 1. The summed E-state index contributed by atoms with van der Waals surface area (Å²) in [6.07, 6.45) is 4.76. The summed E-state index contributed by atoms with van der Waals surface area (Å²) in [4.78, 5) is 33.1. The van der Waals surface area contributed by atoms with Gasteiger partial charge < -0.3 is 10.6 Å². The monoisotopic (exact) mass is 407 g/mol. The SMILES string of the molecule is CCCc1c(C(=O)NCc2cnc(C)cn2)nnn1-c1ccc(C(=O)NCC)cc1. The molecule has 0 radical (unpaired) electrons. The van der Waals surface area contributed by atoms with Crippen LogP contribution >= 0.6 is 0 Å². The Kier molecular flexibility index (Phi) is 6.84. The van der Waals surface area contributed by atoms with E-state index < -0.39 is 0 Å². The molecule has 0 aliphatic carbocycles. The Morgan fingerprint density at radius 1 is 1.00 bits per heavy atom. The molecule has 0 spiro atoms. The van der Waals surface area contributed by atoms with Gasteiger partial charge >= 0.3 is 0 Å². The molecule has 0 atom stereocenters. The molecule has 0 fully saturated rings. The van der Waals surface area contributed by atoms with Gasteiger partial charge in [0, 0.05) is 18.3 Å². The molecule has 0 unspecified atom stereocenters. The van der Waals surface area contributed by atoms with Crippen molar-refractivity contribution in [1.82, 2.24) is 35.6 Å². The zero-order valence-electron chi connectivity index (χ0n) is 17.3. The van der Waals surface area contributed by atoms with Crippen LogP contribution in [-0.2, 0) is 13.0 Å². The van der Waals surface area contributed by atoms with Crippen LogP contribution in [-0.4, -0.2) is 43.3 Å². The van der Waals surface area contributed by atoms with Gasteiger partial charge in [0.25, 0.3) is 11.8 Å². The molecule has 0 saturated heterocycles. The van der Waals surface area contributed by atoms with Crippen LogP contribution in [0, 0.1) is 6.92 Å². The van der Waals surface area contributed by atoms with Gasteiger partial charge in [0.15, 0.2) is 5.69 Å². The van der Waals surface area contributed by atoms with Gasteiger partial charge in [0.2, 0.25) is 0 Å². The molecule has 0 aliphatic heterocycles. The lowest BCUT2D eigenvalue weighted by atomic mass is 10.1. The van der Waals surface area contributed by atoms with Crippen LogP contribution in [0.1, 0.15) is 58.2 Å². The van der Waals surface area contributed by atoms with Crippen molar-refractivity contribution in [3.05, 3.63) is 65.0 Å². The summed E-state index contributed by atoms with van der Waals surface area (Å²) < 4.78 is 1.64. The number of nitrogens with one attached hydrogen (secondary N) is 2. The van der Waals surface area contributed by atoms with Crippen LogP contribution in [0.5, 0.6) is 0 Å². The summed E-state index contributed by atoms with van der Waals surface area (Å²) in [7, 11) is 0. The van der Waals surface area contributed by atoms with Crippen molar-refractivity contribution in [2.45, 2.75) is 40.2 Å². The number of aryl methyl sites for hydroxylation is 1. The lowest BCUT2D eigenvalue weighted by Gasteiger charge is -2.09. The Morgan fingerprint density at radius 3 is 2.40 bits per heavy atom. The van der Waals surface area contributed by atoms with Gasteiger partial charge in [0.05, 0.1) is 35.5 Å². The van der Waals surface area contributed by atoms with Crippen LogP contribution in [0.25, 0.3) is 5.69 Å². The first-order valence-corrected chi connectivity index (χ1v) is 9.92. The predicted molar refractivity (Wildman–Crippen MR) is 111 cm³/mol. The number of hydrogen-bond acceptors (Lipinski definition) is 6. The molecule has 9 nitrogen and oxygen atoms in total. The number of carbonyl (C=O) groups is 2. The van der Waals surface area contributed by atoms with E-state index in [-0.39, 0.29) is 24.1 Å². The van der Waals surface area contributed by atoms with Crippen LogP contribution in [0.15, 0.2) is 36.7 Å². The van der Waals surface area contributed by atoms with Crippen molar-refractivity contribution in [2.24, 2.45) is 0 Å². The fraction of sp³-hybridized carbons (Fsp3) is 0.333. The Hall–Kier alpha value is -3.62. The average molecular weight is 407 g/mol. The molecule has 0 aliphatic rings. The zero-order valence-corrected chi connectivity index (χ0v) is 17.3. The molecule has 1 aromatic carbocycles. The highest BCUT2D eigenvalue weighted by Crippen LogP contribution is 2.16. The van der Waals surface area contributed by atoms with Crippen molar-refractivity contribution in [1.29, 1.82) is 0 Å². The molecule has 3 aromatic rings. The topological polar surface area (TPSA) is 115 Å². The maximum absolute atomic E-state index is 12.7. The quantitative estimate of drug-likeness (QED) is 0.590. The van der Waals surface area contributed by atoms with Crippen LogP contribution < -0.4 is 10.6 Å². The van der Waals surface area contributed by atoms with Gasteiger partial charge in [-0.15, -0.1) is 5.10 Å². The van der Waals surface area contributed by atoms with E-state index in [0.29, 0.717) is 24.2 Å². The molecule has 2 aromatic heterocycles. The molecule has 30 heavy (non-hydrogen) atoms. The van der Waals surface area contributed by atoms with E-state index in [9.17, 15) is 9.59 Å². The van der Waals surface area contributed by atoms with E-state index in [1.54, 1.807) is 41.3 Å². The summed E-state index contributed by atoms with van der Waals surface area (Å²) in [6.45, 7) is 6.58. The van der Waals surface area contributed by atoms with Crippen molar-refractivity contribution in [3.63, 3.8) is 0 Å². The Labute approximate surface area is 174 Å². The number of hydrogen-bond donors (Lipinski definition) is 2. The summed E-state index contributed by atoms with van der Waals surface area (Å²) in [6, 6.07) is 7.05. The molecule has 2 heterocycles. The van der Waals surface area contributed by atoms with Crippen LogP contribution in [0.2, 0.25) is 0 Å². The molecule has 3 rings (SSSR count). The number of carbonyl (C=O) groups excluding carboxylic acids is 2. The fourth-order valence-electron chi connectivity index (χ4n) is 2.93. The first kappa shape index (κ1) is 21.1. The molecule has 2 N–H and O–H groups in total. The maximum Gasteiger partial charge on any atom is 0.274 e. The van der Waals surface area contributed by atoms with E-state index in [1.165, 1.54) is 0 Å². The van der Waals surface area contributed by atoms with E-state index in [2.05, 4.69) is 30.9 Å². The Morgan fingerprint density at radius 2 is 1.77 bits per heavy atom. The minimum atomic E-state index is -0.314. The van der Waals surface area contributed by atoms with Gasteiger partial charge in [-0.05, 0) is 44.5 Å². The second kappa shape index (κ2) is 9.73. The first-order valence-electron chi connectivity index (χ1n) is 9.92. The van der Waals surface area contributed by atoms with Crippen molar-refractivity contribution >= 4 is 11.8 Å². The molecule has 2 amide bonds. The smallest absolute Gasteiger partial charge is 0.274 e. The van der Waals surface area contributed by atoms with E-state index in [1.807, 2.05) is 20.8 Å². The van der Waals surface area contributed by atoms with Crippen molar-refractivity contribution in [3.8, 4) is 5.69 Å². The van der Waals surface area contributed by atoms with Gasteiger partial charge in [0.1, 0.15) is 0 Å². The molecule has 0 saturated carbocycles. The summed E-state index contributed by atoms with van der Waals surface area (Å²) >= 11 is 0. The third-order valence-corrected chi connectivity index (χ3v) is 4.44.